The van der Waals surface area contributed by atoms with Crippen molar-refractivity contribution in [3.63, 3.8) is 0 Å². The Bertz CT molecular complexity index is 288. The zero-order chi connectivity index (χ0) is 9.47. The molecule has 1 aliphatic carbocycles. The maximum Gasteiger partial charge on any atom is 0.0242 e. The van der Waals surface area contributed by atoms with Gasteiger partial charge in [0.2, 0.25) is 0 Å². The van der Waals surface area contributed by atoms with Crippen molar-refractivity contribution in [3.05, 3.63) is 23.5 Å². The summed E-state index contributed by atoms with van der Waals surface area (Å²) in [5.41, 5.74) is 8.93. The van der Waals surface area contributed by atoms with Crippen LogP contribution in [0.25, 0.3) is 0 Å². The van der Waals surface area contributed by atoms with Crippen LogP contribution in [0.5, 0.6) is 0 Å². The zero-order valence-electron chi connectivity index (χ0n) is 8.51. The molecule has 1 aliphatic rings. The van der Waals surface area contributed by atoms with E-state index in [-0.39, 0.29) is 5.54 Å². The fraction of sp³-hybridized carbons (Fsp3) is 0.636. The van der Waals surface area contributed by atoms with Crippen LogP contribution in [0.3, 0.4) is 0 Å². The molecule has 2 nitrogen and oxygen atoms in total. The van der Waals surface area contributed by atoms with Crippen molar-refractivity contribution in [1.29, 1.82) is 0 Å². The molecule has 1 aromatic heterocycles. The Morgan fingerprint density at radius 1 is 1.31 bits per heavy atom. The van der Waals surface area contributed by atoms with Crippen molar-refractivity contribution < 1.29 is 0 Å². The Hall–Kier alpha value is -0.760. The van der Waals surface area contributed by atoms with Gasteiger partial charge in [0.1, 0.15) is 0 Å². The molecule has 13 heavy (non-hydrogen) atoms. The van der Waals surface area contributed by atoms with E-state index in [9.17, 15) is 0 Å². The minimum Gasteiger partial charge on any atom is -0.349 e. The molecule has 0 spiro atoms. The van der Waals surface area contributed by atoms with Crippen LogP contribution in [0, 0.1) is 13.8 Å². The number of hydrogen-bond acceptors (Lipinski definition) is 1. The summed E-state index contributed by atoms with van der Waals surface area (Å²) >= 11 is 0. The van der Waals surface area contributed by atoms with Gasteiger partial charge in [-0.1, -0.05) is 0 Å². The maximum atomic E-state index is 6.05. The average molecular weight is 178 g/mol. The van der Waals surface area contributed by atoms with Crippen LogP contribution in [-0.4, -0.2) is 10.1 Å². The molecule has 0 aliphatic heterocycles. The molecule has 0 atom stereocenters. The highest BCUT2D eigenvalue weighted by atomic mass is 15.0. The monoisotopic (exact) mass is 178 g/mol. The number of hydrogen-bond donors (Lipinski definition) is 1. The van der Waals surface area contributed by atoms with E-state index in [0.29, 0.717) is 0 Å². The summed E-state index contributed by atoms with van der Waals surface area (Å²) in [4.78, 5) is 0. The van der Waals surface area contributed by atoms with E-state index in [2.05, 4.69) is 30.5 Å². The number of nitrogens with zero attached hydrogens (tertiary/aromatic N) is 1. The van der Waals surface area contributed by atoms with E-state index in [0.717, 1.165) is 13.0 Å². The summed E-state index contributed by atoms with van der Waals surface area (Å²) in [7, 11) is 0. The molecule has 0 unspecified atom stereocenters. The molecule has 2 rings (SSSR count). The molecule has 1 saturated carbocycles. The molecule has 1 aromatic rings. The highest BCUT2D eigenvalue weighted by Gasteiger charge is 2.37. The predicted molar refractivity (Wildman–Crippen MR) is 54.7 cm³/mol. The van der Waals surface area contributed by atoms with E-state index in [1.54, 1.807) is 0 Å². The first-order valence-electron chi connectivity index (χ1n) is 5.02. The summed E-state index contributed by atoms with van der Waals surface area (Å²) in [6.07, 6.45) is 3.56. The fourth-order valence-electron chi connectivity index (χ4n) is 1.80. The first kappa shape index (κ1) is 8.82. The summed E-state index contributed by atoms with van der Waals surface area (Å²) in [6, 6.07) is 4.34. The standard InChI is InChI=1S/C11H18N2/c1-9-3-4-10(2)13(9)8-7-11(12)5-6-11/h3-4H,5-8,12H2,1-2H3. The topological polar surface area (TPSA) is 30.9 Å². The molecule has 72 valence electrons. The third kappa shape index (κ3) is 1.78. The number of aromatic nitrogens is 1. The van der Waals surface area contributed by atoms with E-state index < -0.39 is 0 Å². The van der Waals surface area contributed by atoms with Gasteiger partial charge in [0.05, 0.1) is 0 Å². The van der Waals surface area contributed by atoms with Crippen molar-refractivity contribution in [1.82, 2.24) is 4.57 Å². The minimum absolute atomic E-state index is 0.184. The van der Waals surface area contributed by atoms with Crippen LogP contribution >= 0.6 is 0 Å². The third-order valence-corrected chi connectivity index (χ3v) is 3.14. The van der Waals surface area contributed by atoms with E-state index in [4.69, 9.17) is 5.73 Å². The first-order chi connectivity index (χ1) is 6.11. The van der Waals surface area contributed by atoms with Gasteiger partial charge in [0.25, 0.3) is 0 Å². The highest BCUT2D eigenvalue weighted by molar-refractivity contribution is 5.14. The Labute approximate surface area is 79.7 Å². The van der Waals surface area contributed by atoms with Crippen LogP contribution in [-0.2, 0) is 6.54 Å². The van der Waals surface area contributed by atoms with Gasteiger partial charge in [0, 0.05) is 23.5 Å². The van der Waals surface area contributed by atoms with Crippen LogP contribution in [0.4, 0.5) is 0 Å². The molecular formula is C11H18N2. The third-order valence-electron chi connectivity index (χ3n) is 3.14. The van der Waals surface area contributed by atoms with Crippen molar-refractivity contribution in [3.8, 4) is 0 Å². The van der Waals surface area contributed by atoms with Crippen molar-refractivity contribution in [2.24, 2.45) is 5.73 Å². The normalized spacial score (nSPS) is 19.0. The molecule has 0 radical (unpaired) electrons. The minimum atomic E-state index is 0.184. The smallest absolute Gasteiger partial charge is 0.0242 e. The van der Waals surface area contributed by atoms with Crippen LogP contribution < -0.4 is 5.73 Å². The van der Waals surface area contributed by atoms with E-state index in [1.165, 1.54) is 24.2 Å². The summed E-state index contributed by atoms with van der Waals surface area (Å²) < 4.78 is 2.35. The lowest BCUT2D eigenvalue weighted by molar-refractivity contribution is 0.522. The van der Waals surface area contributed by atoms with Gasteiger partial charge in [-0.3, -0.25) is 0 Å². The molecule has 2 N–H and O–H groups in total. The van der Waals surface area contributed by atoms with Gasteiger partial charge in [-0.15, -0.1) is 0 Å². The molecule has 1 fully saturated rings. The van der Waals surface area contributed by atoms with Gasteiger partial charge in [-0.05, 0) is 45.2 Å². The van der Waals surface area contributed by atoms with Gasteiger partial charge in [-0.25, -0.2) is 0 Å². The first-order valence-corrected chi connectivity index (χ1v) is 5.02. The molecular weight excluding hydrogens is 160 g/mol. The van der Waals surface area contributed by atoms with Crippen LogP contribution in [0.15, 0.2) is 12.1 Å². The van der Waals surface area contributed by atoms with Crippen molar-refractivity contribution in [2.75, 3.05) is 0 Å². The van der Waals surface area contributed by atoms with Crippen LogP contribution in [0.2, 0.25) is 0 Å². The Morgan fingerprint density at radius 2 is 1.85 bits per heavy atom. The Morgan fingerprint density at radius 3 is 2.31 bits per heavy atom. The quantitative estimate of drug-likeness (QED) is 0.754. The molecule has 1 heterocycles. The van der Waals surface area contributed by atoms with Crippen molar-refractivity contribution in [2.45, 2.75) is 45.2 Å². The molecule has 0 bridgehead atoms. The molecule has 0 saturated heterocycles. The average Bonchev–Trinajstić information content (AvgIpc) is 2.72. The fourth-order valence-corrected chi connectivity index (χ4v) is 1.80. The predicted octanol–water partition coefficient (Wildman–Crippen LogP) is 1.99. The van der Waals surface area contributed by atoms with Gasteiger partial charge >= 0.3 is 0 Å². The number of nitrogens with two attached hydrogens (primary N) is 1. The maximum absolute atomic E-state index is 6.05. The number of aryl methyl sites for hydroxylation is 2. The SMILES string of the molecule is Cc1ccc(C)n1CCC1(N)CC1. The number of rotatable bonds is 3. The summed E-state index contributed by atoms with van der Waals surface area (Å²) in [6.45, 7) is 5.40. The molecule has 0 amide bonds. The zero-order valence-corrected chi connectivity index (χ0v) is 8.51. The largest absolute Gasteiger partial charge is 0.349 e. The van der Waals surface area contributed by atoms with Crippen LogP contribution in [0.1, 0.15) is 30.7 Å². The Balaban J connectivity index is 2.00. The second-order valence-electron chi connectivity index (χ2n) is 4.38. The summed E-state index contributed by atoms with van der Waals surface area (Å²) in [5, 5.41) is 0. The molecule has 0 aromatic carbocycles. The lowest BCUT2D eigenvalue weighted by Gasteiger charge is -2.12. The lowest BCUT2D eigenvalue weighted by Crippen LogP contribution is -2.24. The van der Waals surface area contributed by atoms with Gasteiger partial charge in [-0.2, -0.15) is 0 Å². The second kappa shape index (κ2) is 2.88. The Kier molecular flexibility index (Phi) is 1.95. The highest BCUT2D eigenvalue weighted by Crippen LogP contribution is 2.36. The lowest BCUT2D eigenvalue weighted by atomic mass is 10.2. The summed E-state index contributed by atoms with van der Waals surface area (Å²) in [5.74, 6) is 0. The van der Waals surface area contributed by atoms with E-state index in [1.807, 2.05) is 0 Å². The van der Waals surface area contributed by atoms with Crippen molar-refractivity contribution >= 4 is 0 Å². The van der Waals surface area contributed by atoms with E-state index >= 15 is 0 Å². The van der Waals surface area contributed by atoms with Gasteiger partial charge in [0.15, 0.2) is 0 Å². The molecule has 2 heteroatoms. The van der Waals surface area contributed by atoms with Gasteiger partial charge < -0.3 is 10.3 Å². The second-order valence-corrected chi connectivity index (χ2v) is 4.38.